The normalized spacial score (nSPS) is 11.6. The number of halogens is 4. The Morgan fingerprint density at radius 3 is 2.52 bits per heavy atom. The number of alkyl halides is 3. The molecule has 0 saturated carbocycles. The van der Waals surface area contributed by atoms with Crippen molar-refractivity contribution in [2.45, 2.75) is 33.4 Å². The molecule has 0 unspecified atom stereocenters. The van der Waals surface area contributed by atoms with Gasteiger partial charge in [0, 0.05) is 15.6 Å². The number of benzene rings is 1. The van der Waals surface area contributed by atoms with Gasteiger partial charge in [-0.1, -0.05) is 27.6 Å². The number of fused-ring (bicyclic) bond motifs is 1. The highest BCUT2D eigenvalue weighted by molar-refractivity contribution is 9.10. The van der Waals surface area contributed by atoms with Crippen molar-refractivity contribution in [2.75, 3.05) is 0 Å². The molecule has 1 aromatic heterocycles. The van der Waals surface area contributed by atoms with Crippen LogP contribution in [0.5, 0.6) is 0 Å². The van der Waals surface area contributed by atoms with Gasteiger partial charge in [-0.15, -0.1) is 0 Å². The van der Waals surface area contributed by atoms with Crippen molar-refractivity contribution in [1.82, 2.24) is 4.98 Å². The van der Waals surface area contributed by atoms with E-state index in [1.807, 2.05) is 19.9 Å². The minimum atomic E-state index is -4.92. The average Bonchev–Trinajstić information content (AvgIpc) is 2.43. The Labute approximate surface area is 140 Å². The molecule has 0 amide bonds. The minimum absolute atomic E-state index is 0.0966. The van der Waals surface area contributed by atoms with E-state index in [1.165, 1.54) is 6.92 Å². The summed E-state index contributed by atoms with van der Waals surface area (Å²) < 4.78 is 39.6. The summed E-state index contributed by atoms with van der Waals surface area (Å²) in [6, 6.07) is 5.19. The van der Waals surface area contributed by atoms with Gasteiger partial charge in [0.15, 0.2) is 0 Å². The molecule has 23 heavy (non-hydrogen) atoms. The van der Waals surface area contributed by atoms with Gasteiger partial charge >= 0.3 is 6.18 Å². The Hall–Kier alpha value is -1.69. The maximum Gasteiger partial charge on any atom is 0.454 e. The van der Waals surface area contributed by atoms with E-state index in [4.69, 9.17) is 0 Å². The van der Waals surface area contributed by atoms with Crippen LogP contribution in [0.25, 0.3) is 10.9 Å². The van der Waals surface area contributed by atoms with Crippen molar-refractivity contribution in [3.63, 3.8) is 0 Å². The van der Waals surface area contributed by atoms with Gasteiger partial charge in [0.25, 0.3) is 5.78 Å². The second-order valence-corrected chi connectivity index (χ2v) is 6.44. The number of ketones is 1. The van der Waals surface area contributed by atoms with Crippen LogP contribution in [0.1, 0.15) is 35.5 Å². The first-order chi connectivity index (χ1) is 10.6. The van der Waals surface area contributed by atoms with Crippen LogP contribution in [-0.4, -0.2) is 16.9 Å². The molecule has 0 spiro atoms. The number of rotatable bonds is 3. The minimum Gasteiger partial charge on any atom is -0.284 e. The Balaban J connectivity index is 2.83. The number of aryl methyl sites for hydroxylation is 1. The van der Waals surface area contributed by atoms with E-state index >= 15 is 0 Å². The number of pyridine rings is 1. The molecule has 0 atom stereocenters. The van der Waals surface area contributed by atoms with E-state index < -0.39 is 12.0 Å². The van der Waals surface area contributed by atoms with Gasteiger partial charge in [-0.2, -0.15) is 13.2 Å². The lowest BCUT2D eigenvalue weighted by atomic mass is 9.94. The number of hydrogen-bond acceptors (Lipinski definition) is 2. The second kappa shape index (κ2) is 6.43. The quantitative estimate of drug-likeness (QED) is 0.511. The molecule has 1 heterocycles. The number of carbonyl (C=O) groups is 1. The summed E-state index contributed by atoms with van der Waals surface area (Å²) in [6.07, 6.45) is -2.87. The second-order valence-electron chi connectivity index (χ2n) is 5.52. The molecule has 0 radical (unpaired) electrons. The Morgan fingerprint density at radius 2 is 1.96 bits per heavy atom. The number of allylic oxidation sites excluding steroid dienone is 2. The van der Waals surface area contributed by atoms with Gasteiger partial charge in [-0.3, -0.25) is 9.78 Å². The first-order valence-corrected chi connectivity index (χ1v) is 7.74. The van der Waals surface area contributed by atoms with E-state index in [-0.39, 0.29) is 17.7 Å². The summed E-state index contributed by atoms with van der Waals surface area (Å²) in [5.41, 5.74) is 1.65. The van der Waals surface area contributed by atoms with Crippen molar-refractivity contribution in [1.29, 1.82) is 0 Å². The number of nitrogens with zero attached hydrogens (tertiary/aromatic N) is 1. The highest BCUT2D eigenvalue weighted by Gasteiger charge is 2.41. The summed E-state index contributed by atoms with van der Waals surface area (Å²) in [4.78, 5) is 16.1. The highest BCUT2D eigenvalue weighted by Crippen LogP contribution is 2.31. The highest BCUT2D eigenvalue weighted by atomic mass is 79.9. The molecular formula is C17H15BrF3NO. The third-order valence-corrected chi connectivity index (χ3v) is 3.93. The van der Waals surface area contributed by atoms with Crippen LogP contribution in [0.3, 0.4) is 0 Å². The van der Waals surface area contributed by atoms with Crippen LogP contribution < -0.4 is 0 Å². The van der Waals surface area contributed by atoms with Crippen LogP contribution in [0, 0.1) is 6.92 Å². The van der Waals surface area contributed by atoms with Crippen LogP contribution in [-0.2, 0) is 6.42 Å². The zero-order valence-electron chi connectivity index (χ0n) is 12.9. The lowest BCUT2D eigenvalue weighted by Crippen LogP contribution is -2.25. The fraction of sp³-hybridized carbons (Fsp3) is 0.294. The smallest absolute Gasteiger partial charge is 0.284 e. The molecule has 1 aromatic carbocycles. The van der Waals surface area contributed by atoms with E-state index in [9.17, 15) is 18.0 Å². The summed E-state index contributed by atoms with van der Waals surface area (Å²) in [6.45, 7) is 5.15. The van der Waals surface area contributed by atoms with Gasteiger partial charge in [0.2, 0.25) is 0 Å². The van der Waals surface area contributed by atoms with Crippen molar-refractivity contribution in [2.24, 2.45) is 0 Å². The Morgan fingerprint density at radius 1 is 1.30 bits per heavy atom. The van der Waals surface area contributed by atoms with Gasteiger partial charge in [-0.05, 0) is 51.0 Å². The van der Waals surface area contributed by atoms with Crippen molar-refractivity contribution in [3.05, 3.63) is 51.1 Å². The number of carbonyl (C=O) groups excluding carboxylic acids is 1. The fourth-order valence-electron chi connectivity index (χ4n) is 2.40. The third-order valence-electron chi connectivity index (χ3n) is 3.43. The monoisotopic (exact) mass is 385 g/mol. The Bertz CT molecular complexity index is 806. The number of hydrogen-bond donors (Lipinski definition) is 0. The summed E-state index contributed by atoms with van der Waals surface area (Å²) >= 11 is 3.32. The van der Waals surface area contributed by atoms with Crippen LogP contribution in [0.4, 0.5) is 13.2 Å². The SMILES string of the molecule is CC(C)=CCc1c(C(=O)C(F)(F)F)c(C)nc2ccc(Br)cc12. The van der Waals surface area contributed by atoms with Crippen LogP contribution in [0.2, 0.25) is 0 Å². The molecule has 0 aliphatic heterocycles. The number of aromatic nitrogens is 1. The van der Waals surface area contributed by atoms with Gasteiger partial charge in [0.1, 0.15) is 0 Å². The van der Waals surface area contributed by atoms with Crippen molar-refractivity contribution < 1.29 is 18.0 Å². The van der Waals surface area contributed by atoms with E-state index in [2.05, 4.69) is 20.9 Å². The molecule has 0 bridgehead atoms. The molecule has 2 rings (SSSR count). The standard InChI is InChI=1S/C17H15BrF3NO/c1-9(2)4-6-12-13-8-11(18)5-7-14(13)22-10(3)15(12)16(23)17(19,20)21/h4-5,7-8H,6H2,1-3H3. The van der Waals surface area contributed by atoms with E-state index in [0.29, 0.717) is 16.5 Å². The van der Waals surface area contributed by atoms with Gasteiger partial charge in [-0.25, -0.2) is 0 Å². The van der Waals surface area contributed by atoms with Crippen molar-refractivity contribution in [3.8, 4) is 0 Å². The van der Waals surface area contributed by atoms with Gasteiger partial charge in [0.05, 0.1) is 11.1 Å². The fourth-order valence-corrected chi connectivity index (χ4v) is 2.76. The Kier molecular flexibility index (Phi) is 4.94. The summed E-state index contributed by atoms with van der Waals surface area (Å²) in [5, 5.41) is 0.551. The molecule has 122 valence electrons. The zero-order chi connectivity index (χ0) is 17.4. The third kappa shape index (κ3) is 3.80. The van der Waals surface area contributed by atoms with E-state index in [0.717, 1.165) is 10.0 Å². The largest absolute Gasteiger partial charge is 0.454 e. The van der Waals surface area contributed by atoms with Crippen LogP contribution >= 0.6 is 15.9 Å². The lowest BCUT2D eigenvalue weighted by Gasteiger charge is -2.15. The topological polar surface area (TPSA) is 30.0 Å². The molecule has 0 saturated heterocycles. The van der Waals surface area contributed by atoms with E-state index in [1.54, 1.807) is 18.2 Å². The predicted molar refractivity (Wildman–Crippen MR) is 87.7 cm³/mol. The molecule has 2 aromatic rings. The first-order valence-electron chi connectivity index (χ1n) is 6.95. The summed E-state index contributed by atoms with van der Waals surface area (Å²) in [7, 11) is 0. The molecule has 6 heteroatoms. The average molecular weight is 386 g/mol. The van der Waals surface area contributed by atoms with Gasteiger partial charge < -0.3 is 0 Å². The zero-order valence-corrected chi connectivity index (χ0v) is 14.5. The lowest BCUT2D eigenvalue weighted by molar-refractivity contribution is -0.0886. The maximum atomic E-state index is 13.0. The number of Topliss-reactive ketones (excluding diaryl/α,β-unsaturated/α-hetero) is 1. The first kappa shape index (κ1) is 17.7. The molecular weight excluding hydrogens is 371 g/mol. The summed E-state index contributed by atoms with van der Waals surface area (Å²) in [5.74, 6) is -1.85. The predicted octanol–water partition coefficient (Wildman–Crippen LogP) is 5.56. The molecule has 0 fully saturated rings. The molecule has 2 nitrogen and oxygen atoms in total. The van der Waals surface area contributed by atoms with Crippen LogP contribution in [0.15, 0.2) is 34.3 Å². The van der Waals surface area contributed by atoms with Crippen molar-refractivity contribution >= 4 is 32.6 Å². The molecule has 0 aliphatic carbocycles. The molecule has 0 N–H and O–H groups in total. The molecule has 0 aliphatic rings. The maximum absolute atomic E-state index is 13.0.